The van der Waals surface area contributed by atoms with Gasteiger partial charge in [-0.25, -0.2) is 0 Å². The van der Waals surface area contributed by atoms with Gasteiger partial charge < -0.3 is 15.2 Å². The van der Waals surface area contributed by atoms with Crippen LogP contribution in [0.1, 0.15) is 33.1 Å². The van der Waals surface area contributed by atoms with Crippen LogP contribution in [0, 0.1) is 6.92 Å². The van der Waals surface area contributed by atoms with E-state index in [4.69, 9.17) is 4.74 Å². The summed E-state index contributed by atoms with van der Waals surface area (Å²) >= 11 is 1.64. The molecular weight excluding hydrogens is 274 g/mol. The molecule has 0 saturated heterocycles. The minimum atomic E-state index is -0.319. The first-order chi connectivity index (χ1) is 9.52. The Bertz CT molecular complexity index is 621. The van der Waals surface area contributed by atoms with Crippen molar-refractivity contribution in [2.75, 3.05) is 7.11 Å². The molecule has 1 atom stereocenters. The van der Waals surface area contributed by atoms with E-state index in [-0.39, 0.29) is 29.0 Å². The van der Waals surface area contributed by atoms with Gasteiger partial charge >= 0.3 is 0 Å². The summed E-state index contributed by atoms with van der Waals surface area (Å²) in [5.74, 6) is -0.167. The van der Waals surface area contributed by atoms with Crippen LogP contribution in [0.15, 0.2) is 30.3 Å². The predicted molar refractivity (Wildman–Crippen MR) is 79.6 cm³/mol. The number of methoxy groups -OCH3 is 1. The van der Waals surface area contributed by atoms with Crippen LogP contribution < -0.4 is 10.1 Å². The van der Waals surface area contributed by atoms with Crippen molar-refractivity contribution < 1.29 is 14.6 Å². The highest BCUT2D eigenvalue weighted by molar-refractivity contribution is 7.12. The van der Waals surface area contributed by atoms with Gasteiger partial charge in [0.1, 0.15) is 0 Å². The van der Waals surface area contributed by atoms with Crippen molar-refractivity contribution in [3.63, 3.8) is 0 Å². The number of carbonyl (C=O) groups excluding carboxylic acids is 1. The lowest BCUT2D eigenvalue weighted by Gasteiger charge is -2.14. The molecule has 0 aliphatic carbocycles. The SMILES string of the molecule is COc1cccc(C(=O)NC(C)c2ccc(C)s2)c1O. The van der Waals surface area contributed by atoms with E-state index in [0.29, 0.717) is 0 Å². The molecule has 1 aromatic carbocycles. The summed E-state index contributed by atoms with van der Waals surface area (Å²) in [7, 11) is 1.45. The Morgan fingerprint density at radius 2 is 2.10 bits per heavy atom. The van der Waals surface area contributed by atoms with Crippen molar-refractivity contribution in [2.45, 2.75) is 19.9 Å². The van der Waals surface area contributed by atoms with Crippen LogP contribution in [0.2, 0.25) is 0 Å². The molecule has 0 aliphatic heterocycles. The molecule has 0 spiro atoms. The molecule has 106 valence electrons. The number of carbonyl (C=O) groups is 1. The van der Waals surface area contributed by atoms with Gasteiger partial charge in [-0.2, -0.15) is 0 Å². The Morgan fingerprint density at radius 3 is 2.70 bits per heavy atom. The number of hydrogen-bond donors (Lipinski definition) is 2. The summed E-state index contributed by atoms with van der Waals surface area (Å²) in [6.45, 7) is 3.94. The van der Waals surface area contributed by atoms with Crippen molar-refractivity contribution in [1.29, 1.82) is 0 Å². The van der Waals surface area contributed by atoms with Gasteiger partial charge in [-0.15, -0.1) is 11.3 Å². The third-order valence-electron chi connectivity index (χ3n) is 3.00. The topological polar surface area (TPSA) is 58.6 Å². The van der Waals surface area contributed by atoms with E-state index < -0.39 is 0 Å². The molecule has 1 amide bonds. The summed E-state index contributed by atoms with van der Waals surface area (Å²) in [5, 5.41) is 12.8. The van der Waals surface area contributed by atoms with Gasteiger partial charge in [0.2, 0.25) is 0 Å². The van der Waals surface area contributed by atoms with Gasteiger partial charge in [0.05, 0.1) is 18.7 Å². The quantitative estimate of drug-likeness (QED) is 0.909. The van der Waals surface area contributed by atoms with Gasteiger partial charge in [0, 0.05) is 9.75 Å². The van der Waals surface area contributed by atoms with Gasteiger partial charge in [-0.05, 0) is 38.1 Å². The first-order valence-electron chi connectivity index (χ1n) is 6.26. The zero-order valence-corrected chi connectivity index (χ0v) is 12.5. The maximum Gasteiger partial charge on any atom is 0.255 e. The van der Waals surface area contributed by atoms with E-state index in [1.807, 2.05) is 26.0 Å². The van der Waals surface area contributed by atoms with Crippen molar-refractivity contribution in [3.8, 4) is 11.5 Å². The fourth-order valence-electron chi connectivity index (χ4n) is 1.90. The maximum atomic E-state index is 12.2. The lowest BCUT2D eigenvalue weighted by atomic mass is 10.1. The van der Waals surface area contributed by atoms with E-state index in [9.17, 15) is 9.90 Å². The molecule has 1 heterocycles. The number of amides is 1. The second-order valence-corrected chi connectivity index (χ2v) is 5.82. The second kappa shape index (κ2) is 5.96. The van der Waals surface area contributed by atoms with Crippen LogP contribution in [-0.2, 0) is 0 Å². The van der Waals surface area contributed by atoms with E-state index in [0.717, 1.165) is 4.88 Å². The Hall–Kier alpha value is -2.01. The van der Waals surface area contributed by atoms with Crippen molar-refractivity contribution in [3.05, 3.63) is 45.6 Å². The molecule has 4 nitrogen and oxygen atoms in total. The average Bonchev–Trinajstić information content (AvgIpc) is 2.85. The van der Waals surface area contributed by atoms with Crippen molar-refractivity contribution in [2.24, 2.45) is 0 Å². The Labute approximate surface area is 122 Å². The zero-order valence-electron chi connectivity index (χ0n) is 11.6. The fourth-order valence-corrected chi connectivity index (χ4v) is 2.78. The van der Waals surface area contributed by atoms with Crippen LogP contribution >= 0.6 is 11.3 Å². The normalized spacial score (nSPS) is 11.9. The second-order valence-electron chi connectivity index (χ2n) is 4.50. The number of rotatable bonds is 4. The predicted octanol–water partition coefficient (Wildman–Crippen LogP) is 3.26. The number of nitrogens with one attached hydrogen (secondary N) is 1. The Balaban J connectivity index is 2.16. The molecule has 0 saturated carbocycles. The van der Waals surface area contributed by atoms with E-state index in [2.05, 4.69) is 5.32 Å². The highest BCUT2D eigenvalue weighted by Crippen LogP contribution is 2.30. The number of aryl methyl sites for hydroxylation is 1. The first-order valence-corrected chi connectivity index (χ1v) is 7.07. The van der Waals surface area contributed by atoms with Crippen LogP contribution in [0.3, 0.4) is 0 Å². The van der Waals surface area contributed by atoms with E-state index in [1.165, 1.54) is 12.0 Å². The lowest BCUT2D eigenvalue weighted by molar-refractivity contribution is 0.0937. The summed E-state index contributed by atoms with van der Waals surface area (Å²) < 4.78 is 5.00. The molecule has 1 unspecified atom stereocenters. The molecule has 0 aliphatic rings. The monoisotopic (exact) mass is 291 g/mol. The number of aromatic hydroxyl groups is 1. The first kappa shape index (κ1) is 14.4. The van der Waals surface area contributed by atoms with Gasteiger partial charge in [-0.1, -0.05) is 6.07 Å². The third-order valence-corrected chi connectivity index (χ3v) is 4.18. The van der Waals surface area contributed by atoms with Crippen LogP contribution in [0.5, 0.6) is 11.5 Å². The number of benzene rings is 1. The third kappa shape index (κ3) is 2.93. The van der Waals surface area contributed by atoms with E-state index in [1.54, 1.807) is 29.5 Å². The van der Waals surface area contributed by atoms with Crippen LogP contribution in [0.4, 0.5) is 0 Å². The number of hydrogen-bond acceptors (Lipinski definition) is 4. The number of phenols is 1. The Morgan fingerprint density at radius 1 is 1.35 bits per heavy atom. The highest BCUT2D eigenvalue weighted by atomic mass is 32.1. The Kier molecular flexibility index (Phi) is 4.29. The van der Waals surface area contributed by atoms with Gasteiger partial charge in [0.15, 0.2) is 11.5 Å². The van der Waals surface area contributed by atoms with E-state index >= 15 is 0 Å². The zero-order chi connectivity index (χ0) is 14.7. The fraction of sp³-hybridized carbons (Fsp3) is 0.267. The summed E-state index contributed by atoms with van der Waals surface area (Å²) in [6.07, 6.45) is 0. The largest absolute Gasteiger partial charge is 0.504 e. The van der Waals surface area contributed by atoms with Crippen LogP contribution in [0.25, 0.3) is 0 Å². The minimum Gasteiger partial charge on any atom is -0.504 e. The molecular formula is C15H17NO3S. The number of para-hydroxylation sites is 1. The van der Waals surface area contributed by atoms with Crippen molar-refractivity contribution in [1.82, 2.24) is 5.32 Å². The maximum absolute atomic E-state index is 12.2. The highest BCUT2D eigenvalue weighted by Gasteiger charge is 2.17. The molecule has 0 radical (unpaired) electrons. The minimum absolute atomic E-state index is 0.105. The standard InChI is InChI=1S/C15H17NO3S/c1-9-7-8-13(20-9)10(2)16-15(18)11-5-4-6-12(19-3)14(11)17/h4-8,10,17H,1-3H3,(H,16,18). The molecule has 1 aromatic heterocycles. The summed E-state index contributed by atoms with van der Waals surface area (Å²) in [6, 6.07) is 8.76. The van der Waals surface area contributed by atoms with Crippen molar-refractivity contribution >= 4 is 17.2 Å². The van der Waals surface area contributed by atoms with Crippen LogP contribution in [-0.4, -0.2) is 18.1 Å². The molecule has 0 bridgehead atoms. The molecule has 2 N–H and O–H groups in total. The average molecular weight is 291 g/mol. The summed E-state index contributed by atoms with van der Waals surface area (Å²) in [5.41, 5.74) is 0.212. The molecule has 5 heteroatoms. The van der Waals surface area contributed by atoms with Gasteiger partial charge in [0.25, 0.3) is 5.91 Å². The number of thiophene rings is 1. The molecule has 20 heavy (non-hydrogen) atoms. The molecule has 2 aromatic rings. The van der Waals surface area contributed by atoms with Gasteiger partial charge in [-0.3, -0.25) is 4.79 Å². The lowest BCUT2D eigenvalue weighted by Crippen LogP contribution is -2.26. The number of ether oxygens (including phenoxy) is 1. The molecule has 0 fully saturated rings. The summed E-state index contributed by atoms with van der Waals surface area (Å²) in [4.78, 5) is 14.5. The number of phenolic OH excluding ortho intramolecular Hbond substituents is 1. The smallest absolute Gasteiger partial charge is 0.255 e. The molecule has 2 rings (SSSR count).